The van der Waals surface area contributed by atoms with Gasteiger partial charge in [-0.05, 0) is 25.7 Å². The van der Waals surface area contributed by atoms with E-state index in [2.05, 4.69) is 10.5 Å². The summed E-state index contributed by atoms with van der Waals surface area (Å²) in [7, 11) is 0. The third kappa shape index (κ3) is 4.43. The van der Waals surface area contributed by atoms with Gasteiger partial charge in [0.2, 0.25) is 0 Å². The maximum atomic E-state index is 13.2. The lowest BCUT2D eigenvalue weighted by molar-refractivity contribution is -0.384. The van der Waals surface area contributed by atoms with Gasteiger partial charge in [0.05, 0.1) is 11.1 Å². The zero-order valence-electron chi connectivity index (χ0n) is 20.0. The molecule has 5 aliphatic rings. The smallest absolute Gasteiger partial charge is 0.272 e. The molecule has 11 heteroatoms. The molecule has 5 unspecified atom stereocenters. The maximum Gasteiger partial charge on any atom is 0.272 e. The summed E-state index contributed by atoms with van der Waals surface area (Å²) in [6, 6.07) is 5.99. The van der Waals surface area contributed by atoms with E-state index in [0.29, 0.717) is 5.56 Å². The number of ether oxygens (including phenoxy) is 5. The van der Waals surface area contributed by atoms with Crippen LogP contribution in [0.25, 0.3) is 0 Å². The Hall–Kier alpha value is -2.44. The van der Waals surface area contributed by atoms with Crippen molar-refractivity contribution in [1.82, 2.24) is 5.43 Å². The van der Waals surface area contributed by atoms with Crippen molar-refractivity contribution in [2.75, 3.05) is 0 Å². The molecule has 0 radical (unpaired) electrons. The van der Waals surface area contributed by atoms with E-state index < -0.39 is 53.1 Å². The van der Waals surface area contributed by atoms with E-state index in [9.17, 15) is 14.9 Å². The first-order chi connectivity index (χ1) is 17.5. The summed E-state index contributed by atoms with van der Waals surface area (Å²) in [5.74, 6) is -1.92. The molecular formula is C25H31N3O8. The molecule has 1 amide bonds. The van der Waals surface area contributed by atoms with Crippen LogP contribution in [0.1, 0.15) is 69.8 Å². The summed E-state index contributed by atoms with van der Waals surface area (Å²) in [6.07, 6.45) is 7.44. The number of rotatable bonds is 4. The third-order valence-electron chi connectivity index (χ3n) is 7.84. The number of hydrogen-bond acceptors (Lipinski definition) is 9. The number of nitro benzene ring substituents is 1. The van der Waals surface area contributed by atoms with Crippen LogP contribution in [0.4, 0.5) is 5.69 Å². The van der Waals surface area contributed by atoms with Gasteiger partial charge >= 0.3 is 0 Å². The van der Waals surface area contributed by atoms with Crippen molar-refractivity contribution in [2.45, 2.75) is 106 Å². The average Bonchev–Trinajstić information content (AvgIpc) is 3.42. The molecule has 2 saturated carbocycles. The normalized spacial score (nSPS) is 34.5. The van der Waals surface area contributed by atoms with Gasteiger partial charge in [-0.2, -0.15) is 5.10 Å². The number of fused-ring (bicyclic) bond motifs is 3. The van der Waals surface area contributed by atoms with Gasteiger partial charge in [-0.15, -0.1) is 0 Å². The molecule has 1 aromatic carbocycles. The predicted molar refractivity (Wildman–Crippen MR) is 125 cm³/mol. The van der Waals surface area contributed by atoms with Crippen molar-refractivity contribution in [3.05, 3.63) is 39.9 Å². The molecule has 5 atom stereocenters. The molecule has 2 spiro atoms. The van der Waals surface area contributed by atoms with Gasteiger partial charge in [0, 0.05) is 43.4 Å². The largest absolute Gasteiger partial charge is 0.341 e. The fourth-order valence-electron chi connectivity index (χ4n) is 6.12. The molecule has 3 heterocycles. The molecular weight excluding hydrogens is 470 g/mol. The quantitative estimate of drug-likeness (QED) is 0.378. The first-order valence-corrected chi connectivity index (χ1v) is 12.9. The summed E-state index contributed by atoms with van der Waals surface area (Å²) in [5, 5.41) is 15.0. The van der Waals surface area contributed by atoms with Crippen molar-refractivity contribution in [1.29, 1.82) is 0 Å². The molecule has 0 aromatic heterocycles. The minimum Gasteiger partial charge on any atom is -0.341 e. The molecule has 0 bridgehead atoms. The van der Waals surface area contributed by atoms with Gasteiger partial charge in [-0.25, -0.2) is 5.43 Å². The number of non-ortho nitro benzene ring substituents is 1. The van der Waals surface area contributed by atoms with Crippen LogP contribution in [-0.2, 0) is 28.5 Å². The highest BCUT2D eigenvalue weighted by atomic mass is 16.9. The highest BCUT2D eigenvalue weighted by Gasteiger charge is 2.65. The van der Waals surface area contributed by atoms with Gasteiger partial charge in [0.1, 0.15) is 18.3 Å². The van der Waals surface area contributed by atoms with Crippen LogP contribution in [0.5, 0.6) is 0 Å². The second kappa shape index (κ2) is 9.46. The van der Waals surface area contributed by atoms with Crippen LogP contribution in [0.2, 0.25) is 0 Å². The fourth-order valence-corrected chi connectivity index (χ4v) is 6.12. The topological polar surface area (TPSA) is 131 Å². The molecule has 3 saturated heterocycles. The Bertz CT molecular complexity index is 1040. The zero-order chi connectivity index (χ0) is 24.8. The molecule has 36 heavy (non-hydrogen) atoms. The zero-order valence-corrected chi connectivity index (χ0v) is 20.0. The van der Waals surface area contributed by atoms with E-state index in [4.69, 9.17) is 23.7 Å². The number of amides is 1. The van der Waals surface area contributed by atoms with E-state index in [0.717, 1.165) is 64.2 Å². The number of carbonyl (C=O) groups excluding carboxylic acids is 1. The SMILES string of the molecule is O=C(N/N=C/c1cccc([N+](=O)[O-])c1)C1OC2OC3(CCCCC3)OC2C2OC3(CCCCC3)OC12. The molecule has 11 nitrogen and oxygen atoms in total. The number of carbonyl (C=O) groups is 1. The summed E-state index contributed by atoms with van der Waals surface area (Å²) >= 11 is 0. The first kappa shape index (κ1) is 23.9. The first-order valence-electron chi connectivity index (χ1n) is 12.9. The number of benzene rings is 1. The lowest BCUT2D eigenvalue weighted by Crippen LogP contribution is -2.59. The highest BCUT2D eigenvalue weighted by molar-refractivity contribution is 5.85. The van der Waals surface area contributed by atoms with Gasteiger partial charge in [0.15, 0.2) is 24.0 Å². The summed E-state index contributed by atoms with van der Waals surface area (Å²) in [6.45, 7) is 0. The van der Waals surface area contributed by atoms with Crippen LogP contribution in [0, 0.1) is 10.1 Å². The number of nitrogens with zero attached hydrogens (tertiary/aromatic N) is 2. The summed E-state index contributed by atoms with van der Waals surface area (Å²) < 4.78 is 31.9. The van der Waals surface area contributed by atoms with Crippen LogP contribution in [-0.4, -0.2) is 59.3 Å². The van der Waals surface area contributed by atoms with Gasteiger partial charge in [-0.1, -0.05) is 25.0 Å². The standard InChI is InChI=1S/C25H31N3O8/c29-22(27-26-15-16-8-7-9-17(14-16)28(30)31)20-18-19(34-24(33-18)10-3-1-4-11-24)21-23(32-20)36-25(35-21)12-5-2-6-13-25/h7-9,14-15,18-21,23H,1-6,10-13H2,(H,27,29)/b26-15+. The second-order valence-electron chi connectivity index (χ2n) is 10.3. The van der Waals surface area contributed by atoms with Crippen LogP contribution >= 0.6 is 0 Å². The lowest BCUT2D eigenvalue weighted by Gasteiger charge is -2.36. The van der Waals surface area contributed by atoms with Crippen LogP contribution in [0.15, 0.2) is 29.4 Å². The second-order valence-corrected chi connectivity index (χ2v) is 10.3. The van der Waals surface area contributed by atoms with Crippen molar-refractivity contribution in [3.8, 4) is 0 Å². The van der Waals surface area contributed by atoms with Crippen molar-refractivity contribution < 1.29 is 33.4 Å². The molecule has 1 N–H and O–H groups in total. The molecule has 6 rings (SSSR count). The minimum absolute atomic E-state index is 0.0564. The minimum atomic E-state index is -0.998. The van der Waals surface area contributed by atoms with Crippen LogP contribution in [0.3, 0.4) is 0 Å². The van der Waals surface area contributed by atoms with Crippen molar-refractivity contribution in [2.24, 2.45) is 5.10 Å². The number of hydrazone groups is 1. The highest BCUT2D eigenvalue weighted by Crippen LogP contribution is 2.50. The van der Waals surface area contributed by atoms with Gasteiger partial charge in [-0.3, -0.25) is 14.9 Å². The molecule has 2 aliphatic carbocycles. The average molecular weight is 502 g/mol. The van der Waals surface area contributed by atoms with Crippen molar-refractivity contribution >= 4 is 17.8 Å². The van der Waals surface area contributed by atoms with E-state index in [-0.39, 0.29) is 5.69 Å². The molecule has 3 aliphatic heterocycles. The Morgan fingerprint density at radius 2 is 1.58 bits per heavy atom. The Morgan fingerprint density at radius 3 is 2.28 bits per heavy atom. The summed E-state index contributed by atoms with van der Waals surface area (Å²) in [4.78, 5) is 23.8. The third-order valence-corrected chi connectivity index (χ3v) is 7.84. The summed E-state index contributed by atoms with van der Waals surface area (Å²) in [5.41, 5.74) is 2.94. The van der Waals surface area contributed by atoms with E-state index in [1.807, 2.05) is 0 Å². The van der Waals surface area contributed by atoms with E-state index in [1.165, 1.54) is 18.3 Å². The van der Waals surface area contributed by atoms with Gasteiger partial charge in [0.25, 0.3) is 11.6 Å². The fraction of sp³-hybridized carbons (Fsp3) is 0.680. The van der Waals surface area contributed by atoms with E-state index in [1.54, 1.807) is 12.1 Å². The Labute approximate surface area is 208 Å². The predicted octanol–water partition coefficient (Wildman–Crippen LogP) is 3.29. The number of nitrogens with one attached hydrogen (secondary N) is 1. The maximum absolute atomic E-state index is 13.2. The van der Waals surface area contributed by atoms with Gasteiger partial charge < -0.3 is 23.7 Å². The number of hydrogen-bond donors (Lipinski definition) is 1. The molecule has 194 valence electrons. The Morgan fingerprint density at radius 1 is 0.944 bits per heavy atom. The molecule has 1 aromatic rings. The Balaban J connectivity index is 1.20. The van der Waals surface area contributed by atoms with Crippen molar-refractivity contribution in [3.63, 3.8) is 0 Å². The monoisotopic (exact) mass is 501 g/mol. The number of nitro groups is 1. The van der Waals surface area contributed by atoms with Crippen LogP contribution < -0.4 is 5.43 Å². The Kier molecular flexibility index (Phi) is 6.29. The van der Waals surface area contributed by atoms with E-state index >= 15 is 0 Å². The lowest BCUT2D eigenvalue weighted by atomic mass is 9.94. The molecule has 5 fully saturated rings.